The predicted octanol–water partition coefficient (Wildman–Crippen LogP) is 2.90. The molecule has 0 atom stereocenters. The summed E-state index contributed by atoms with van der Waals surface area (Å²) in [5.74, 6) is -0.663. The fourth-order valence-electron chi connectivity index (χ4n) is 1.89. The molecule has 0 spiro atoms. The third kappa shape index (κ3) is 2.38. The van der Waals surface area contributed by atoms with Gasteiger partial charge in [-0.1, -0.05) is 24.3 Å². The molecule has 0 radical (unpaired) electrons. The van der Waals surface area contributed by atoms with Gasteiger partial charge < -0.3 is 9.73 Å². The van der Waals surface area contributed by atoms with Crippen LogP contribution in [0.2, 0.25) is 0 Å². The van der Waals surface area contributed by atoms with E-state index in [4.69, 9.17) is 4.42 Å². The fraction of sp³-hybridized carbons (Fsp3) is 0.0667. The van der Waals surface area contributed by atoms with E-state index in [1.54, 1.807) is 12.1 Å². The average molecular weight is 270 g/mol. The average Bonchev–Trinajstić information content (AvgIpc) is 2.88. The second-order valence-corrected chi connectivity index (χ2v) is 4.24. The van der Waals surface area contributed by atoms with Crippen LogP contribution in [0, 0.1) is 5.82 Å². The molecule has 0 bridgehead atoms. The van der Waals surface area contributed by atoms with Crippen molar-refractivity contribution in [2.24, 2.45) is 0 Å². The molecular weight excluding hydrogens is 259 g/mol. The highest BCUT2D eigenvalue weighted by atomic mass is 19.1. The molecule has 0 fully saturated rings. The Hall–Kier alpha value is -2.69. The second-order valence-electron chi connectivity index (χ2n) is 4.24. The van der Waals surface area contributed by atoms with E-state index in [1.165, 1.54) is 18.2 Å². The monoisotopic (exact) mass is 270 g/mol. The number of fused-ring (bicyclic) bond motifs is 1. The minimum Gasteiger partial charge on any atom is -0.439 e. The van der Waals surface area contributed by atoms with E-state index in [2.05, 4.69) is 10.3 Å². The minimum atomic E-state index is -0.553. The quantitative estimate of drug-likeness (QED) is 0.796. The zero-order valence-corrected chi connectivity index (χ0v) is 10.5. The van der Waals surface area contributed by atoms with Crippen LogP contribution < -0.4 is 5.32 Å². The highest BCUT2D eigenvalue weighted by molar-refractivity contribution is 5.94. The van der Waals surface area contributed by atoms with Gasteiger partial charge in [0.1, 0.15) is 11.3 Å². The third-order valence-corrected chi connectivity index (χ3v) is 2.86. The summed E-state index contributed by atoms with van der Waals surface area (Å²) in [4.78, 5) is 16.1. The maximum atomic E-state index is 13.4. The molecule has 0 aliphatic heterocycles. The van der Waals surface area contributed by atoms with Gasteiger partial charge >= 0.3 is 0 Å². The summed E-state index contributed by atoms with van der Waals surface area (Å²) < 4.78 is 18.9. The standard InChI is InChI=1S/C15H11FN2O2/c16-11-6-2-1-5-10(11)15(19)17-9-14-18-12-7-3-4-8-13(12)20-14/h1-8H,9H2,(H,17,19). The molecule has 20 heavy (non-hydrogen) atoms. The normalized spacial score (nSPS) is 10.7. The second kappa shape index (κ2) is 5.13. The van der Waals surface area contributed by atoms with Gasteiger partial charge in [-0.2, -0.15) is 0 Å². The molecule has 3 rings (SSSR count). The Balaban J connectivity index is 1.73. The van der Waals surface area contributed by atoms with Crippen molar-refractivity contribution in [3.63, 3.8) is 0 Å². The van der Waals surface area contributed by atoms with Crippen LogP contribution in [0.3, 0.4) is 0 Å². The molecule has 0 unspecified atom stereocenters. The maximum absolute atomic E-state index is 13.4. The Morgan fingerprint density at radius 2 is 1.90 bits per heavy atom. The van der Waals surface area contributed by atoms with Crippen molar-refractivity contribution in [2.75, 3.05) is 0 Å². The Morgan fingerprint density at radius 3 is 2.70 bits per heavy atom. The number of oxazole rings is 1. The topological polar surface area (TPSA) is 55.1 Å². The molecule has 1 aromatic heterocycles. The van der Waals surface area contributed by atoms with Gasteiger partial charge in [0.05, 0.1) is 12.1 Å². The number of nitrogens with zero attached hydrogens (tertiary/aromatic N) is 1. The molecule has 5 heteroatoms. The Kier molecular flexibility index (Phi) is 3.16. The highest BCUT2D eigenvalue weighted by Crippen LogP contribution is 2.14. The van der Waals surface area contributed by atoms with Crippen LogP contribution in [0.1, 0.15) is 16.2 Å². The molecule has 0 aliphatic carbocycles. The van der Waals surface area contributed by atoms with Gasteiger partial charge in [0, 0.05) is 0 Å². The summed E-state index contributed by atoms with van der Waals surface area (Å²) in [6.07, 6.45) is 0. The van der Waals surface area contributed by atoms with Crippen LogP contribution in [0.25, 0.3) is 11.1 Å². The smallest absolute Gasteiger partial charge is 0.254 e. The Bertz CT molecular complexity index is 734. The van der Waals surface area contributed by atoms with Crippen molar-refractivity contribution in [2.45, 2.75) is 6.54 Å². The van der Waals surface area contributed by atoms with Crippen LogP contribution in [0.5, 0.6) is 0 Å². The lowest BCUT2D eigenvalue weighted by Gasteiger charge is -2.03. The van der Waals surface area contributed by atoms with Gasteiger partial charge in [-0.15, -0.1) is 0 Å². The van der Waals surface area contributed by atoms with Gasteiger partial charge in [0.15, 0.2) is 5.58 Å². The van der Waals surface area contributed by atoms with Crippen molar-refractivity contribution in [1.82, 2.24) is 10.3 Å². The van der Waals surface area contributed by atoms with Gasteiger partial charge in [-0.05, 0) is 24.3 Å². The van der Waals surface area contributed by atoms with Gasteiger partial charge in [-0.25, -0.2) is 9.37 Å². The number of benzene rings is 2. The van der Waals surface area contributed by atoms with Crippen molar-refractivity contribution in [3.05, 3.63) is 65.8 Å². The molecule has 2 aromatic carbocycles. The Morgan fingerprint density at radius 1 is 1.15 bits per heavy atom. The zero-order chi connectivity index (χ0) is 13.9. The van der Waals surface area contributed by atoms with Crippen molar-refractivity contribution in [1.29, 1.82) is 0 Å². The molecule has 0 saturated carbocycles. The van der Waals surface area contributed by atoms with Crippen LogP contribution in [0.15, 0.2) is 52.9 Å². The lowest BCUT2D eigenvalue weighted by Crippen LogP contribution is -2.23. The number of amides is 1. The van der Waals surface area contributed by atoms with Crippen molar-refractivity contribution >= 4 is 17.0 Å². The van der Waals surface area contributed by atoms with Gasteiger partial charge in [-0.3, -0.25) is 4.79 Å². The zero-order valence-electron chi connectivity index (χ0n) is 10.5. The fourth-order valence-corrected chi connectivity index (χ4v) is 1.89. The van der Waals surface area contributed by atoms with Crippen LogP contribution >= 0.6 is 0 Å². The summed E-state index contributed by atoms with van der Waals surface area (Å²) in [5, 5.41) is 2.58. The molecule has 1 N–H and O–H groups in total. The summed E-state index contributed by atoms with van der Waals surface area (Å²) in [6, 6.07) is 13.1. The van der Waals surface area contributed by atoms with E-state index >= 15 is 0 Å². The van der Waals surface area contributed by atoms with Gasteiger partial charge in [0.25, 0.3) is 5.91 Å². The number of para-hydroxylation sites is 2. The molecule has 1 amide bonds. The molecule has 0 aliphatic rings. The SMILES string of the molecule is O=C(NCc1nc2ccccc2o1)c1ccccc1F. The summed E-state index contributed by atoms with van der Waals surface area (Å²) in [6.45, 7) is 0.113. The highest BCUT2D eigenvalue weighted by Gasteiger charge is 2.12. The van der Waals surface area contributed by atoms with E-state index in [0.29, 0.717) is 11.5 Å². The van der Waals surface area contributed by atoms with Gasteiger partial charge in [0.2, 0.25) is 5.89 Å². The van der Waals surface area contributed by atoms with E-state index in [-0.39, 0.29) is 12.1 Å². The number of hydrogen-bond donors (Lipinski definition) is 1. The molecule has 100 valence electrons. The summed E-state index contributed by atoms with van der Waals surface area (Å²) in [7, 11) is 0. The summed E-state index contributed by atoms with van der Waals surface area (Å²) >= 11 is 0. The first kappa shape index (κ1) is 12.3. The lowest BCUT2D eigenvalue weighted by molar-refractivity contribution is 0.0943. The lowest BCUT2D eigenvalue weighted by atomic mass is 10.2. The van der Waals surface area contributed by atoms with Crippen LogP contribution in [-0.2, 0) is 6.54 Å². The number of carbonyl (C=O) groups is 1. The summed E-state index contributed by atoms with van der Waals surface area (Å²) in [5.41, 5.74) is 1.38. The number of rotatable bonds is 3. The first-order chi connectivity index (χ1) is 9.74. The molecule has 0 saturated heterocycles. The van der Waals surface area contributed by atoms with E-state index in [0.717, 1.165) is 5.52 Å². The predicted molar refractivity (Wildman–Crippen MR) is 71.6 cm³/mol. The Labute approximate surface area is 114 Å². The number of carbonyl (C=O) groups excluding carboxylic acids is 1. The molecule has 4 nitrogen and oxygen atoms in total. The molecule has 1 heterocycles. The van der Waals surface area contributed by atoms with E-state index < -0.39 is 11.7 Å². The van der Waals surface area contributed by atoms with Crippen molar-refractivity contribution < 1.29 is 13.6 Å². The molecule has 3 aromatic rings. The minimum absolute atomic E-state index is 0.00334. The van der Waals surface area contributed by atoms with E-state index in [1.807, 2.05) is 18.2 Å². The van der Waals surface area contributed by atoms with Crippen LogP contribution in [-0.4, -0.2) is 10.9 Å². The largest absolute Gasteiger partial charge is 0.439 e. The number of hydrogen-bond acceptors (Lipinski definition) is 3. The number of halogens is 1. The molecular formula is C15H11FN2O2. The maximum Gasteiger partial charge on any atom is 0.254 e. The third-order valence-electron chi connectivity index (χ3n) is 2.86. The first-order valence-corrected chi connectivity index (χ1v) is 6.11. The van der Waals surface area contributed by atoms with Crippen LogP contribution in [0.4, 0.5) is 4.39 Å². The number of aromatic nitrogens is 1. The number of nitrogens with one attached hydrogen (secondary N) is 1. The van der Waals surface area contributed by atoms with Crippen molar-refractivity contribution in [3.8, 4) is 0 Å². The first-order valence-electron chi connectivity index (χ1n) is 6.11. The van der Waals surface area contributed by atoms with E-state index in [9.17, 15) is 9.18 Å².